The van der Waals surface area contributed by atoms with E-state index in [0.717, 1.165) is 49.7 Å². The molecular formula is C25H32N4O. The second kappa shape index (κ2) is 9.81. The van der Waals surface area contributed by atoms with Crippen LogP contribution in [0.5, 0.6) is 0 Å². The number of nitrogens with zero attached hydrogens (tertiary/aromatic N) is 1. The van der Waals surface area contributed by atoms with E-state index in [2.05, 4.69) is 78.0 Å². The predicted molar refractivity (Wildman–Crippen MR) is 124 cm³/mol. The number of H-pyrrole nitrogens is 1. The van der Waals surface area contributed by atoms with Gasteiger partial charge in [-0.2, -0.15) is 0 Å². The molecule has 4 rings (SSSR count). The van der Waals surface area contributed by atoms with Gasteiger partial charge >= 0.3 is 0 Å². The molecule has 3 N–H and O–H groups in total. The molecule has 3 aromatic rings. The molecule has 30 heavy (non-hydrogen) atoms. The molecule has 1 fully saturated rings. The van der Waals surface area contributed by atoms with Crippen LogP contribution in [0, 0.1) is 12.8 Å². The van der Waals surface area contributed by atoms with Crippen molar-refractivity contribution in [2.75, 3.05) is 19.7 Å². The van der Waals surface area contributed by atoms with Gasteiger partial charge in [-0.1, -0.05) is 48.0 Å². The molecule has 2 aromatic carbocycles. The van der Waals surface area contributed by atoms with Gasteiger partial charge in [0.15, 0.2) is 5.96 Å². The number of rotatable bonds is 6. The number of ether oxygens (including phenoxy) is 1. The summed E-state index contributed by atoms with van der Waals surface area (Å²) in [6.45, 7) is 7.35. The third-order valence-electron chi connectivity index (χ3n) is 5.72. The summed E-state index contributed by atoms with van der Waals surface area (Å²) in [7, 11) is 0. The van der Waals surface area contributed by atoms with E-state index in [1.165, 1.54) is 16.5 Å². The summed E-state index contributed by atoms with van der Waals surface area (Å²) in [5.74, 6) is 1.28. The Labute approximate surface area is 178 Å². The van der Waals surface area contributed by atoms with Crippen molar-refractivity contribution >= 4 is 16.9 Å². The van der Waals surface area contributed by atoms with E-state index in [1.807, 2.05) is 6.07 Å². The van der Waals surface area contributed by atoms with E-state index in [1.54, 1.807) is 0 Å². The average Bonchev–Trinajstić information content (AvgIpc) is 3.19. The summed E-state index contributed by atoms with van der Waals surface area (Å²) >= 11 is 0. The first kappa shape index (κ1) is 20.5. The molecular weight excluding hydrogens is 372 g/mol. The Bertz CT molecular complexity index is 943. The number of nitrogens with one attached hydrogen (secondary N) is 3. The Morgan fingerprint density at radius 3 is 2.77 bits per heavy atom. The van der Waals surface area contributed by atoms with E-state index in [9.17, 15) is 0 Å². The lowest BCUT2D eigenvalue weighted by atomic mass is 9.89. The van der Waals surface area contributed by atoms with Crippen LogP contribution < -0.4 is 10.6 Å². The molecule has 2 atom stereocenters. The molecule has 0 radical (unpaired) electrons. The highest BCUT2D eigenvalue weighted by Gasteiger charge is 2.27. The minimum absolute atomic E-state index is 0.142. The molecule has 5 nitrogen and oxygen atoms in total. The molecule has 1 aromatic heterocycles. The van der Waals surface area contributed by atoms with Crippen molar-refractivity contribution < 1.29 is 4.74 Å². The van der Waals surface area contributed by atoms with Crippen LogP contribution in [0.2, 0.25) is 0 Å². The fourth-order valence-electron chi connectivity index (χ4n) is 4.13. The number of para-hydroxylation sites is 1. The second-order valence-electron chi connectivity index (χ2n) is 8.06. The molecule has 2 unspecified atom stereocenters. The van der Waals surface area contributed by atoms with Gasteiger partial charge in [0.2, 0.25) is 0 Å². The number of guanidine groups is 1. The van der Waals surface area contributed by atoms with Gasteiger partial charge in [0.25, 0.3) is 0 Å². The summed E-state index contributed by atoms with van der Waals surface area (Å²) in [6, 6.07) is 19.2. The van der Waals surface area contributed by atoms with Crippen LogP contribution in [-0.4, -0.2) is 30.6 Å². The zero-order chi connectivity index (χ0) is 20.8. The summed E-state index contributed by atoms with van der Waals surface area (Å²) in [5.41, 5.74) is 4.82. The normalized spacial score (nSPS) is 19.7. The topological polar surface area (TPSA) is 61.4 Å². The average molecular weight is 405 g/mol. The van der Waals surface area contributed by atoms with E-state index in [4.69, 9.17) is 9.73 Å². The summed E-state index contributed by atoms with van der Waals surface area (Å²) in [6.07, 6.45) is 2.41. The van der Waals surface area contributed by atoms with E-state index in [0.29, 0.717) is 12.5 Å². The quantitative estimate of drug-likeness (QED) is 0.412. The number of aliphatic imine (C=N–C) groups is 1. The maximum atomic E-state index is 6.17. The van der Waals surface area contributed by atoms with Gasteiger partial charge in [-0.25, -0.2) is 4.99 Å². The van der Waals surface area contributed by atoms with Crippen molar-refractivity contribution in [3.8, 4) is 0 Å². The Morgan fingerprint density at radius 1 is 1.13 bits per heavy atom. The van der Waals surface area contributed by atoms with Gasteiger partial charge in [-0.05, 0) is 49.8 Å². The lowest BCUT2D eigenvalue weighted by molar-refractivity contribution is -0.0265. The van der Waals surface area contributed by atoms with Crippen LogP contribution in [0.3, 0.4) is 0 Å². The molecule has 0 saturated carbocycles. The fourth-order valence-corrected chi connectivity index (χ4v) is 4.13. The number of aromatic nitrogens is 1. The number of aromatic amines is 1. The lowest BCUT2D eigenvalue weighted by Crippen LogP contribution is -2.42. The monoisotopic (exact) mass is 404 g/mol. The van der Waals surface area contributed by atoms with Gasteiger partial charge in [0, 0.05) is 36.8 Å². The molecule has 0 amide bonds. The smallest absolute Gasteiger partial charge is 0.191 e. The summed E-state index contributed by atoms with van der Waals surface area (Å²) in [5, 5.41) is 8.15. The van der Waals surface area contributed by atoms with Crippen molar-refractivity contribution in [1.82, 2.24) is 15.6 Å². The molecule has 0 aliphatic carbocycles. The highest BCUT2D eigenvalue weighted by Crippen LogP contribution is 2.33. The van der Waals surface area contributed by atoms with Gasteiger partial charge in [-0.3, -0.25) is 0 Å². The number of benzene rings is 2. The third-order valence-corrected chi connectivity index (χ3v) is 5.72. The van der Waals surface area contributed by atoms with Crippen LogP contribution >= 0.6 is 0 Å². The van der Waals surface area contributed by atoms with E-state index < -0.39 is 0 Å². The zero-order valence-corrected chi connectivity index (χ0v) is 17.9. The van der Waals surface area contributed by atoms with Gasteiger partial charge in [0.1, 0.15) is 0 Å². The molecule has 2 heterocycles. The Kier molecular flexibility index (Phi) is 6.70. The van der Waals surface area contributed by atoms with Crippen LogP contribution in [-0.2, 0) is 11.3 Å². The number of aryl methyl sites for hydroxylation is 1. The second-order valence-corrected chi connectivity index (χ2v) is 8.06. The first-order valence-electron chi connectivity index (χ1n) is 11.0. The highest BCUT2D eigenvalue weighted by molar-refractivity contribution is 5.81. The van der Waals surface area contributed by atoms with Gasteiger partial charge in [-0.15, -0.1) is 0 Å². The predicted octanol–water partition coefficient (Wildman–Crippen LogP) is 4.70. The standard InChI is InChI=1S/C25H32N4O/c1-3-26-25(28-17-22-15-20-7-4-5-9-23(20)29-22)27-16-21-8-6-14-30-24(21)19-12-10-18(2)11-13-19/h4-5,7,9-13,15,21,24,29H,3,6,8,14,16-17H2,1-2H3,(H2,26,27,28). The van der Waals surface area contributed by atoms with Crippen molar-refractivity contribution in [1.29, 1.82) is 0 Å². The number of hydrogen-bond acceptors (Lipinski definition) is 2. The maximum Gasteiger partial charge on any atom is 0.191 e. The van der Waals surface area contributed by atoms with Gasteiger partial charge in [0.05, 0.1) is 12.6 Å². The minimum atomic E-state index is 0.142. The molecule has 1 saturated heterocycles. The highest BCUT2D eigenvalue weighted by atomic mass is 16.5. The van der Waals surface area contributed by atoms with Crippen molar-refractivity contribution in [3.63, 3.8) is 0 Å². The summed E-state index contributed by atoms with van der Waals surface area (Å²) < 4.78 is 6.17. The molecule has 1 aliphatic rings. The van der Waals surface area contributed by atoms with Crippen LogP contribution in [0.4, 0.5) is 0 Å². The Hall–Kier alpha value is -2.79. The Morgan fingerprint density at radius 2 is 1.97 bits per heavy atom. The number of fused-ring (bicyclic) bond motifs is 1. The van der Waals surface area contributed by atoms with E-state index in [-0.39, 0.29) is 6.10 Å². The van der Waals surface area contributed by atoms with E-state index >= 15 is 0 Å². The molecule has 158 valence electrons. The third kappa shape index (κ3) is 5.03. The van der Waals surface area contributed by atoms with Gasteiger partial charge < -0.3 is 20.4 Å². The van der Waals surface area contributed by atoms with Crippen molar-refractivity contribution in [3.05, 3.63) is 71.4 Å². The first-order chi connectivity index (χ1) is 14.7. The van der Waals surface area contributed by atoms with Crippen LogP contribution in [0.25, 0.3) is 10.9 Å². The van der Waals surface area contributed by atoms with Crippen LogP contribution in [0.15, 0.2) is 59.6 Å². The molecule has 1 aliphatic heterocycles. The SMILES string of the molecule is CCNC(=NCc1cc2ccccc2[nH]1)NCC1CCCOC1c1ccc(C)cc1. The zero-order valence-electron chi connectivity index (χ0n) is 17.9. The molecule has 0 spiro atoms. The maximum absolute atomic E-state index is 6.17. The summed E-state index contributed by atoms with van der Waals surface area (Å²) in [4.78, 5) is 8.24. The minimum Gasteiger partial charge on any atom is -0.373 e. The fraction of sp³-hybridized carbons (Fsp3) is 0.400. The molecule has 5 heteroatoms. The van der Waals surface area contributed by atoms with Crippen molar-refractivity contribution in [2.45, 2.75) is 39.3 Å². The first-order valence-corrected chi connectivity index (χ1v) is 11.0. The largest absolute Gasteiger partial charge is 0.373 e. The Balaban J connectivity index is 1.41. The number of hydrogen-bond donors (Lipinski definition) is 3. The van der Waals surface area contributed by atoms with Crippen molar-refractivity contribution in [2.24, 2.45) is 10.9 Å². The lowest BCUT2D eigenvalue weighted by Gasteiger charge is -2.32. The molecule has 0 bridgehead atoms. The van der Waals surface area contributed by atoms with Crippen LogP contribution in [0.1, 0.15) is 42.7 Å².